The van der Waals surface area contributed by atoms with Gasteiger partial charge in [0.15, 0.2) is 0 Å². The minimum absolute atomic E-state index is 0.185. The summed E-state index contributed by atoms with van der Waals surface area (Å²) in [5.41, 5.74) is 0. The summed E-state index contributed by atoms with van der Waals surface area (Å²) < 4.78 is 0. The smallest absolute Gasteiger partial charge is 0.303 e. The van der Waals surface area contributed by atoms with Crippen molar-refractivity contribution in [2.75, 3.05) is 0 Å². The zero-order valence-electron chi connectivity index (χ0n) is 15.8. The van der Waals surface area contributed by atoms with Crippen molar-refractivity contribution in [1.82, 2.24) is 0 Å². The van der Waals surface area contributed by atoms with Crippen LogP contribution >= 0.6 is 0 Å². The van der Waals surface area contributed by atoms with Gasteiger partial charge in [0, 0.05) is 6.42 Å². The van der Waals surface area contributed by atoms with Crippen LogP contribution in [0.5, 0.6) is 0 Å². The van der Waals surface area contributed by atoms with Crippen molar-refractivity contribution in [3.63, 3.8) is 0 Å². The van der Waals surface area contributed by atoms with Crippen LogP contribution in [0.4, 0.5) is 0 Å². The number of aliphatic carboxylic acids is 1. The lowest BCUT2D eigenvalue weighted by molar-refractivity contribution is -0.137. The maximum atomic E-state index is 10.5. The molecule has 0 aromatic carbocycles. The largest absolute Gasteiger partial charge is 0.481 e. The molecule has 4 nitrogen and oxygen atoms in total. The molecule has 1 fully saturated rings. The third-order valence-electron chi connectivity index (χ3n) is 5.25. The van der Waals surface area contributed by atoms with Crippen molar-refractivity contribution >= 4 is 5.97 Å². The number of carbonyl (C=O) groups is 1. The fourth-order valence-electron chi connectivity index (χ4n) is 3.74. The van der Waals surface area contributed by atoms with E-state index in [9.17, 15) is 15.0 Å². The van der Waals surface area contributed by atoms with Gasteiger partial charge in [-0.05, 0) is 49.9 Å². The third-order valence-corrected chi connectivity index (χ3v) is 5.25. The molecule has 1 aliphatic carbocycles. The Morgan fingerprint density at radius 3 is 2.68 bits per heavy atom. The van der Waals surface area contributed by atoms with E-state index in [-0.39, 0.29) is 24.5 Å². The minimum atomic E-state index is -0.754. The van der Waals surface area contributed by atoms with E-state index in [0.29, 0.717) is 18.3 Å². The first-order chi connectivity index (χ1) is 12.0. The summed E-state index contributed by atoms with van der Waals surface area (Å²) in [6, 6.07) is 0. The highest BCUT2D eigenvalue weighted by atomic mass is 16.4. The number of hydrogen-bond acceptors (Lipinski definition) is 3. The summed E-state index contributed by atoms with van der Waals surface area (Å²) in [4.78, 5) is 10.5. The molecule has 25 heavy (non-hydrogen) atoms. The van der Waals surface area contributed by atoms with Crippen LogP contribution in [0, 0.1) is 17.8 Å². The molecule has 0 amide bonds. The highest BCUT2D eigenvalue weighted by Gasteiger charge is 2.37. The molecule has 4 heteroatoms. The molecule has 0 aromatic rings. The number of aliphatic hydroxyl groups is 2. The van der Waals surface area contributed by atoms with Crippen molar-refractivity contribution in [2.24, 2.45) is 17.8 Å². The van der Waals surface area contributed by atoms with Crippen LogP contribution < -0.4 is 0 Å². The molecule has 1 aliphatic rings. The molecular weight excluding hydrogens is 316 g/mol. The summed E-state index contributed by atoms with van der Waals surface area (Å²) in [6.45, 7) is 4.32. The van der Waals surface area contributed by atoms with E-state index in [1.807, 2.05) is 12.2 Å². The highest BCUT2D eigenvalue weighted by Crippen LogP contribution is 2.40. The summed E-state index contributed by atoms with van der Waals surface area (Å²) >= 11 is 0. The van der Waals surface area contributed by atoms with Crippen molar-refractivity contribution in [2.45, 2.75) is 83.8 Å². The van der Waals surface area contributed by atoms with Gasteiger partial charge in [-0.2, -0.15) is 0 Å². The van der Waals surface area contributed by atoms with E-state index in [0.717, 1.165) is 44.9 Å². The van der Waals surface area contributed by atoms with Gasteiger partial charge in [-0.15, -0.1) is 0 Å². The zero-order valence-corrected chi connectivity index (χ0v) is 15.8. The van der Waals surface area contributed by atoms with Crippen molar-refractivity contribution in [1.29, 1.82) is 0 Å². The average molecular weight is 353 g/mol. The van der Waals surface area contributed by atoms with Crippen LogP contribution in [-0.4, -0.2) is 33.5 Å². The van der Waals surface area contributed by atoms with E-state index in [1.54, 1.807) is 0 Å². The Balaban J connectivity index is 2.46. The molecule has 5 atom stereocenters. The van der Waals surface area contributed by atoms with Crippen LogP contribution in [0.15, 0.2) is 24.3 Å². The van der Waals surface area contributed by atoms with Gasteiger partial charge in [0.25, 0.3) is 0 Å². The SMILES string of the molecule is CCCCC[C@H](O)/C=C/[C@@H]1[C@@H](C/C=C\CCCC(=O)O)[C@@H](O)C[C@H]1C. The molecule has 0 radical (unpaired) electrons. The second-order valence-electron chi connectivity index (χ2n) is 7.46. The van der Waals surface area contributed by atoms with Crippen LogP contribution in [-0.2, 0) is 4.79 Å². The number of carboxylic acids is 1. The first-order valence-corrected chi connectivity index (χ1v) is 9.86. The number of rotatable bonds is 12. The molecule has 1 rings (SSSR count). The van der Waals surface area contributed by atoms with Gasteiger partial charge in [-0.25, -0.2) is 0 Å². The van der Waals surface area contributed by atoms with Gasteiger partial charge in [-0.3, -0.25) is 4.79 Å². The fraction of sp³-hybridized carbons (Fsp3) is 0.762. The summed E-state index contributed by atoms with van der Waals surface area (Å²) in [6.07, 6.45) is 14.8. The zero-order chi connectivity index (χ0) is 18.7. The third kappa shape index (κ3) is 8.68. The second-order valence-corrected chi connectivity index (χ2v) is 7.46. The Morgan fingerprint density at radius 2 is 2.00 bits per heavy atom. The minimum Gasteiger partial charge on any atom is -0.481 e. The van der Waals surface area contributed by atoms with Gasteiger partial charge < -0.3 is 15.3 Å². The normalized spacial score (nSPS) is 28.2. The maximum absolute atomic E-state index is 10.5. The number of allylic oxidation sites excluding steroid dienone is 3. The Bertz CT molecular complexity index is 430. The molecule has 0 aromatic heterocycles. The fourth-order valence-corrected chi connectivity index (χ4v) is 3.74. The van der Waals surface area contributed by atoms with Gasteiger partial charge >= 0.3 is 5.97 Å². The number of carboxylic acid groups (broad SMARTS) is 1. The van der Waals surface area contributed by atoms with Gasteiger partial charge in [0.05, 0.1) is 12.2 Å². The van der Waals surface area contributed by atoms with E-state index < -0.39 is 5.97 Å². The Kier molecular flexibility index (Phi) is 10.7. The lowest BCUT2D eigenvalue weighted by Gasteiger charge is -2.20. The molecule has 0 bridgehead atoms. The van der Waals surface area contributed by atoms with E-state index >= 15 is 0 Å². The predicted octanol–water partition coefficient (Wildman–Crippen LogP) is 4.32. The Morgan fingerprint density at radius 1 is 1.24 bits per heavy atom. The molecule has 0 heterocycles. The summed E-state index contributed by atoms with van der Waals surface area (Å²) in [7, 11) is 0. The molecule has 0 saturated heterocycles. The van der Waals surface area contributed by atoms with Gasteiger partial charge in [-0.1, -0.05) is 57.4 Å². The molecule has 3 N–H and O–H groups in total. The highest BCUT2D eigenvalue weighted by molar-refractivity contribution is 5.66. The molecule has 0 spiro atoms. The van der Waals surface area contributed by atoms with Crippen molar-refractivity contribution in [3.05, 3.63) is 24.3 Å². The predicted molar refractivity (Wildman–Crippen MR) is 101 cm³/mol. The summed E-state index contributed by atoms with van der Waals surface area (Å²) in [5.74, 6) is 0.139. The summed E-state index contributed by atoms with van der Waals surface area (Å²) in [5, 5.41) is 29.0. The standard InChI is InChI=1S/C21H36O4/c1-3-4-7-10-17(22)13-14-18-16(2)15-20(23)19(18)11-8-5-6-9-12-21(24)25/h5,8,13-14,16-20,22-23H,3-4,6-7,9-12,15H2,1-2H3,(H,24,25)/b8-5-,14-13+/t16-,17+,18+,19-,20+/m1/s1. The van der Waals surface area contributed by atoms with Crippen molar-refractivity contribution in [3.8, 4) is 0 Å². The van der Waals surface area contributed by atoms with Crippen LogP contribution in [0.25, 0.3) is 0 Å². The molecular formula is C21H36O4. The Labute approximate surface area is 152 Å². The number of aliphatic hydroxyl groups excluding tert-OH is 2. The van der Waals surface area contributed by atoms with E-state index in [2.05, 4.69) is 26.0 Å². The van der Waals surface area contributed by atoms with Crippen LogP contribution in [0.1, 0.15) is 71.6 Å². The maximum Gasteiger partial charge on any atom is 0.303 e. The van der Waals surface area contributed by atoms with E-state index in [4.69, 9.17) is 5.11 Å². The van der Waals surface area contributed by atoms with Gasteiger partial charge in [0.2, 0.25) is 0 Å². The molecule has 0 unspecified atom stereocenters. The lowest BCUT2D eigenvalue weighted by atomic mass is 9.86. The molecule has 144 valence electrons. The molecule has 0 aliphatic heterocycles. The second kappa shape index (κ2) is 12.3. The van der Waals surface area contributed by atoms with Crippen molar-refractivity contribution < 1.29 is 20.1 Å². The first kappa shape index (κ1) is 21.9. The van der Waals surface area contributed by atoms with Crippen LogP contribution in [0.2, 0.25) is 0 Å². The first-order valence-electron chi connectivity index (χ1n) is 9.86. The monoisotopic (exact) mass is 352 g/mol. The van der Waals surface area contributed by atoms with E-state index in [1.165, 1.54) is 0 Å². The average Bonchev–Trinajstić information content (AvgIpc) is 2.82. The topological polar surface area (TPSA) is 77.8 Å². The quantitative estimate of drug-likeness (QED) is 0.361. The van der Waals surface area contributed by atoms with Crippen LogP contribution in [0.3, 0.4) is 0 Å². The molecule has 1 saturated carbocycles. The number of hydrogen-bond donors (Lipinski definition) is 3. The van der Waals surface area contributed by atoms with Gasteiger partial charge in [0.1, 0.15) is 0 Å². The number of unbranched alkanes of at least 4 members (excludes halogenated alkanes) is 3. The Hall–Kier alpha value is -1.13. The lowest BCUT2D eigenvalue weighted by Crippen LogP contribution is -2.18.